The highest BCUT2D eigenvalue weighted by Gasteiger charge is 2.62. The number of benzene rings is 1. The first-order chi connectivity index (χ1) is 15.3. The van der Waals surface area contributed by atoms with E-state index in [9.17, 15) is 31.4 Å². The van der Waals surface area contributed by atoms with Gasteiger partial charge in [-0.1, -0.05) is 83.7 Å². The topological polar surface area (TPSA) is 23.1 Å². The molecule has 0 aliphatic carbocycles. The SMILES string of the molecule is CCCC[P+](CCCC)(CCCC)CCCC.[O-]C(c1ccccc1)(C(F)(F)F)C(F)(F)F. The van der Waals surface area contributed by atoms with E-state index >= 15 is 0 Å². The van der Waals surface area contributed by atoms with Crippen molar-refractivity contribution in [1.82, 2.24) is 0 Å². The third-order valence-electron chi connectivity index (χ3n) is 5.92. The Morgan fingerprint density at radius 1 is 0.606 bits per heavy atom. The number of hydrogen-bond donors (Lipinski definition) is 0. The minimum Gasteiger partial charge on any atom is -0.833 e. The second kappa shape index (κ2) is 15.2. The maximum absolute atomic E-state index is 12.3. The standard InChI is InChI=1S/C16H36P.C9H5F6O/c1-5-9-13-17(14-10-6-2,15-11-7-3)16-12-8-4;10-8(11,12)7(16,9(13,14)15)6-4-2-1-3-5-6/h5-16H2,1-4H3;1-5H/q+1;-1. The van der Waals surface area contributed by atoms with E-state index < -0.39 is 30.8 Å². The fraction of sp³-hybridized carbons (Fsp3) is 0.760. The Morgan fingerprint density at radius 2 is 0.909 bits per heavy atom. The van der Waals surface area contributed by atoms with Crippen LogP contribution in [-0.2, 0) is 5.60 Å². The monoisotopic (exact) mass is 502 g/mol. The van der Waals surface area contributed by atoms with Gasteiger partial charge in [0.15, 0.2) is 0 Å². The van der Waals surface area contributed by atoms with Gasteiger partial charge in [-0.2, -0.15) is 26.3 Å². The molecule has 0 fully saturated rings. The van der Waals surface area contributed by atoms with Gasteiger partial charge in [-0.05, 0) is 31.2 Å². The quantitative estimate of drug-likeness (QED) is 0.196. The molecule has 1 rings (SSSR count). The van der Waals surface area contributed by atoms with E-state index in [0.717, 1.165) is 12.1 Å². The van der Waals surface area contributed by atoms with Gasteiger partial charge in [-0.15, -0.1) is 0 Å². The molecule has 1 aromatic rings. The van der Waals surface area contributed by atoms with Crippen molar-refractivity contribution in [2.24, 2.45) is 0 Å². The van der Waals surface area contributed by atoms with Crippen molar-refractivity contribution in [3.63, 3.8) is 0 Å². The summed E-state index contributed by atoms with van der Waals surface area (Å²) in [6.45, 7) is 9.42. The van der Waals surface area contributed by atoms with E-state index in [1.807, 2.05) is 0 Å². The molecule has 194 valence electrons. The normalized spacial score (nSPS) is 12.9. The van der Waals surface area contributed by atoms with E-state index in [0.29, 0.717) is 12.1 Å². The smallest absolute Gasteiger partial charge is 0.392 e. The molecule has 8 heteroatoms. The summed E-state index contributed by atoms with van der Waals surface area (Å²) < 4.78 is 73.5. The van der Waals surface area contributed by atoms with Crippen LogP contribution in [0.25, 0.3) is 0 Å². The minimum atomic E-state index is -5.94. The van der Waals surface area contributed by atoms with Gasteiger partial charge in [0.25, 0.3) is 0 Å². The van der Waals surface area contributed by atoms with E-state index in [4.69, 9.17) is 0 Å². The van der Waals surface area contributed by atoms with Gasteiger partial charge in [0, 0.05) is 7.26 Å². The molecule has 0 aliphatic rings. The van der Waals surface area contributed by atoms with E-state index in [1.54, 1.807) is 24.6 Å². The van der Waals surface area contributed by atoms with Gasteiger partial charge in [-0.25, -0.2) is 0 Å². The summed E-state index contributed by atoms with van der Waals surface area (Å²) in [7, 11) is -0.562. The Hall–Kier alpha value is -0.810. The summed E-state index contributed by atoms with van der Waals surface area (Å²) in [6, 6.07) is 4.12. The van der Waals surface area contributed by atoms with Crippen LogP contribution in [0.3, 0.4) is 0 Å². The van der Waals surface area contributed by atoms with Crippen LogP contribution in [0.2, 0.25) is 0 Å². The molecule has 0 N–H and O–H groups in total. The molecule has 0 bridgehead atoms. The second-order valence-electron chi connectivity index (χ2n) is 8.69. The van der Waals surface area contributed by atoms with E-state index in [2.05, 4.69) is 27.7 Å². The number of halogens is 6. The Kier molecular flexibility index (Phi) is 14.9. The van der Waals surface area contributed by atoms with E-state index in [1.165, 1.54) is 57.4 Å². The first-order valence-corrected chi connectivity index (χ1v) is 14.6. The predicted molar refractivity (Wildman–Crippen MR) is 126 cm³/mol. The lowest BCUT2D eigenvalue weighted by atomic mass is 9.92. The van der Waals surface area contributed by atoms with Crippen molar-refractivity contribution in [2.45, 2.75) is 97.0 Å². The van der Waals surface area contributed by atoms with Crippen LogP contribution in [0.5, 0.6) is 0 Å². The molecule has 0 aromatic heterocycles. The number of hydrogen-bond acceptors (Lipinski definition) is 1. The number of unbranched alkanes of at least 4 members (excludes halogenated alkanes) is 4. The van der Waals surface area contributed by atoms with Crippen LogP contribution in [0.15, 0.2) is 30.3 Å². The molecule has 0 saturated carbocycles. The van der Waals surface area contributed by atoms with Gasteiger partial charge >= 0.3 is 12.4 Å². The molecule has 0 amide bonds. The van der Waals surface area contributed by atoms with Crippen molar-refractivity contribution in [2.75, 3.05) is 24.6 Å². The summed E-state index contributed by atoms with van der Waals surface area (Å²) >= 11 is 0. The summed E-state index contributed by atoms with van der Waals surface area (Å²) in [5.41, 5.74) is -6.45. The van der Waals surface area contributed by atoms with Crippen LogP contribution in [0.4, 0.5) is 26.3 Å². The van der Waals surface area contributed by atoms with E-state index in [-0.39, 0.29) is 0 Å². The van der Waals surface area contributed by atoms with Gasteiger partial charge in [0.05, 0.1) is 24.6 Å². The second-order valence-corrected chi connectivity index (χ2v) is 13.2. The van der Waals surface area contributed by atoms with Gasteiger partial charge < -0.3 is 5.11 Å². The minimum absolute atomic E-state index is 0.508. The molecule has 33 heavy (non-hydrogen) atoms. The zero-order valence-corrected chi connectivity index (χ0v) is 21.4. The van der Waals surface area contributed by atoms with Gasteiger partial charge in [-0.3, -0.25) is 0 Å². The Bertz CT molecular complexity index is 564. The molecule has 0 spiro atoms. The lowest BCUT2D eigenvalue weighted by Gasteiger charge is -2.43. The van der Waals surface area contributed by atoms with Crippen LogP contribution in [0, 0.1) is 0 Å². The molecule has 1 aromatic carbocycles. The Morgan fingerprint density at radius 3 is 1.15 bits per heavy atom. The molecule has 1 nitrogen and oxygen atoms in total. The zero-order chi connectivity index (χ0) is 25.6. The molecule has 0 aliphatic heterocycles. The number of rotatable bonds is 13. The Labute approximate surface area is 196 Å². The highest BCUT2D eigenvalue weighted by molar-refractivity contribution is 7.75. The fourth-order valence-electron chi connectivity index (χ4n) is 3.81. The van der Waals surface area contributed by atoms with Crippen molar-refractivity contribution in [1.29, 1.82) is 0 Å². The third kappa shape index (κ3) is 10.1. The fourth-order valence-corrected chi connectivity index (χ4v) is 9.10. The van der Waals surface area contributed by atoms with Crippen LogP contribution in [-0.4, -0.2) is 37.0 Å². The van der Waals surface area contributed by atoms with Crippen LogP contribution < -0.4 is 5.11 Å². The average molecular weight is 503 g/mol. The maximum Gasteiger partial charge on any atom is 0.392 e. The molecule has 0 atom stereocenters. The summed E-state index contributed by atoms with van der Waals surface area (Å²) in [6.07, 6.45) is 6.07. The lowest BCUT2D eigenvalue weighted by Crippen LogP contribution is -2.63. The molecular weight excluding hydrogens is 461 g/mol. The van der Waals surface area contributed by atoms with Crippen molar-refractivity contribution in [3.8, 4) is 0 Å². The zero-order valence-electron chi connectivity index (χ0n) is 20.5. The maximum atomic E-state index is 12.3. The first kappa shape index (κ1) is 32.2. The summed E-state index contributed by atoms with van der Waals surface area (Å²) in [4.78, 5) is 0. The largest absolute Gasteiger partial charge is 0.833 e. The molecule has 0 heterocycles. The van der Waals surface area contributed by atoms with Crippen molar-refractivity contribution >= 4 is 7.26 Å². The number of alkyl halides is 6. The molecule has 0 radical (unpaired) electrons. The van der Waals surface area contributed by atoms with Gasteiger partial charge in [0.1, 0.15) is 5.60 Å². The van der Waals surface area contributed by atoms with Crippen LogP contribution in [0.1, 0.15) is 84.6 Å². The third-order valence-corrected chi connectivity index (χ3v) is 11.0. The molecule has 0 unspecified atom stereocenters. The highest BCUT2D eigenvalue weighted by Crippen LogP contribution is 2.61. The first-order valence-electron chi connectivity index (χ1n) is 12.1. The average Bonchev–Trinajstić information content (AvgIpc) is 2.77. The summed E-state index contributed by atoms with van der Waals surface area (Å²) in [5, 5.41) is 11.1. The molecular formula is C25H41F6OP. The predicted octanol–water partition coefficient (Wildman–Crippen LogP) is 8.57. The highest BCUT2D eigenvalue weighted by atomic mass is 31.2. The van der Waals surface area contributed by atoms with Crippen molar-refractivity contribution in [3.05, 3.63) is 35.9 Å². The molecule has 0 saturated heterocycles. The van der Waals surface area contributed by atoms with Gasteiger partial charge in [0.2, 0.25) is 0 Å². The summed E-state index contributed by atoms with van der Waals surface area (Å²) in [5.74, 6) is 0. The Balaban J connectivity index is 0.000000621. The van der Waals surface area contributed by atoms with Crippen LogP contribution >= 0.6 is 7.26 Å². The van der Waals surface area contributed by atoms with Crippen molar-refractivity contribution < 1.29 is 31.4 Å². The lowest BCUT2D eigenvalue weighted by molar-refractivity contribution is -0.604.